The van der Waals surface area contributed by atoms with Gasteiger partial charge in [-0.1, -0.05) is 0 Å². The molecule has 2 aromatic rings. The van der Waals surface area contributed by atoms with E-state index >= 15 is 0 Å². The highest BCUT2D eigenvalue weighted by Crippen LogP contribution is 2.34. The standard InChI is InChI=1S/C24H24F3N5O7/c25-24(26,27)13-9-20(35)39-17-8-11(3-4-12(13)17)29-22(37)16-2-1-7-32(16)23(38)15(10-18(28)33)31-21(36)14-5-6-19(34)30-14/h3-4,8-9,14-16H,1-2,5-7,10H2,(H2,28,33)(H,29,37)(H,30,34)(H,31,36). The van der Waals surface area contributed by atoms with Crippen LogP contribution in [-0.2, 0) is 30.1 Å². The van der Waals surface area contributed by atoms with Crippen LogP contribution in [0.2, 0.25) is 0 Å². The lowest BCUT2D eigenvalue weighted by molar-refractivity contribution is -0.141. The fourth-order valence-corrected chi connectivity index (χ4v) is 4.69. The van der Waals surface area contributed by atoms with Gasteiger partial charge in [-0.05, 0) is 31.4 Å². The Morgan fingerprint density at radius 3 is 2.51 bits per heavy atom. The molecule has 208 valence electrons. The first-order valence-electron chi connectivity index (χ1n) is 12.0. The summed E-state index contributed by atoms with van der Waals surface area (Å²) in [7, 11) is 0. The fraction of sp³-hybridized carbons (Fsp3) is 0.417. The second kappa shape index (κ2) is 10.7. The van der Waals surface area contributed by atoms with Crippen molar-refractivity contribution in [2.45, 2.75) is 56.4 Å². The van der Waals surface area contributed by atoms with Crippen molar-refractivity contribution in [3.63, 3.8) is 0 Å². The lowest BCUT2D eigenvalue weighted by atomic mass is 10.1. The van der Waals surface area contributed by atoms with Gasteiger partial charge in [0.25, 0.3) is 0 Å². The molecule has 4 rings (SSSR count). The average Bonchev–Trinajstić information content (AvgIpc) is 3.51. The van der Waals surface area contributed by atoms with Gasteiger partial charge >= 0.3 is 11.8 Å². The highest BCUT2D eigenvalue weighted by molar-refractivity contribution is 6.01. The lowest BCUT2D eigenvalue weighted by Crippen LogP contribution is -2.56. The van der Waals surface area contributed by atoms with Gasteiger partial charge in [-0.25, -0.2) is 4.79 Å². The number of amides is 5. The third-order valence-electron chi connectivity index (χ3n) is 6.49. The van der Waals surface area contributed by atoms with Crippen molar-refractivity contribution in [2.75, 3.05) is 11.9 Å². The van der Waals surface area contributed by atoms with Gasteiger partial charge in [-0.2, -0.15) is 13.2 Å². The minimum atomic E-state index is -4.80. The molecule has 2 aliphatic rings. The fourth-order valence-electron chi connectivity index (χ4n) is 4.69. The summed E-state index contributed by atoms with van der Waals surface area (Å²) in [6.07, 6.45) is -4.34. The largest absolute Gasteiger partial charge is 0.423 e. The second-order valence-corrected chi connectivity index (χ2v) is 9.26. The molecule has 0 saturated carbocycles. The van der Waals surface area contributed by atoms with E-state index in [1.807, 2.05) is 0 Å². The number of benzene rings is 1. The number of likely N-dealkylation sites (tertiary alicyclic amines) is 1. The van der Waals surface area contributed by atoms with Crippen LogP contribution in [0.3, 0.4) is 0 Å². The van der Waals surface area contributed by atoms with Crippen LogP contribution in [0.25, 0.3) is 11.0 Å². The Kier molecular flexibility index (Phi) is 7.60. The Labute approximate surface area is 218 Å². The molecule has 0 spiro atoms. The first-order chi connectivity index (χ1) is 18.3. The number of carbonyl (C=O) groups is 5. The predicted octanol–water partition coefficient (Wildman–Crippen LogP) is 0.380. The van der Waals surface area contributed by atoms with Crippen LogP contribution in [-0.4, -0.2) is 59.1 Å². The first kappa shape index (κ1) is 27.6. The number of nitrogens with zero attached hydrogens (tertiary/aromatic N) is 1. The van der Waals surface area contributed by atoms with Gasteiger partial charge in [-0.15, -0.1) is 0 Å². The molecule has 0 aliphatic carbocycles. The van der Waals surface area contributed by atoms with E-state index in [0.29, 0.717) is 12.5 Å². The van der Waals surface area contributed by atoms with Gasteiger partial charge in [0.05, 0.1) is 12.0 Å². The second-order valence-electron chi connectivity index (χ2n) is 9.26. The van der Waals surface area contributed by atoms with Crippen molar-refractivity contribution < 1.29 is 41.6 Å². The molecule has 3 atom stereocenters. The van der Waals surface area contributed by atoms with Crippen molar-refractivity contribution in [1.82, 2.24) is 15.5 Å². The van der Waals surface area contributed by atoms with Crippen molar-refractivity contribution >= 4 is 46.2 Å². The molecule has 2 fully saturated rings. The SMILES string of the molecule is NC(=O)CC(NC(=O)C1CCC(=O)N1)C(=O)N1CCCC1C(=O)Nc1ccc2c(C(F)(F)F)cc(=O)oc2c1. The highest BCUT2D eigenvalue weighted by Gasteiger charge is 2.39. The molecule has 2 aliphatic heterocycles. The maximum atomic E-state index is 13.3. The van der Waals surface area contributed by atoms with Crippen LogP contribution in [0.15, 0.2) is 33.5 Å². The van der Waals surface area contributed by atoms with Gasteiger partial charge in [0.15, 0.2) is 0 Å². The number of carbonyl (C=O) groups excluding carboxylic acids is 5. The lowest BCUT2D eigenvalue weighted by Gasteiger charge is -2.29. The van der Waals surface area contributed by atoms with Crippen molar-refractivity contribution in [1.29, 1.82) is 0 Å². The van der Waals surface area contributed by atoms with E-state index in [2.05, 4.69) is 16.0 Å². The number of fused-ring (bicyclic) bond motifs is 1. The van der Waals surface area contributed by atoms with Crippen LogP contribution in [0.1, 0.15) is 37.7 Å². The quantitative estimate of drug-likeness (QED) is 0.359. The van der Waals surface area contributed by atoms with Gasteiger partial charge in [0.1, 0.15) is 23.7 Å². The number of primary amides is 1. The Bertz CT molecular complexity index is 1410. The van der Waals surface area contributed by atoms with Crippen LogP contribution >= 0.6 is 0 Å². The number of nitrogens with one attached hydrogen (secondary N) is 3. The summed E-state index contributed by atoms with van der Waals surface area (Å²) in [5, 5.41) is 7.02. The van der Waals surface area contributed by atoms with E-state index in [4.69, 9.17) is 10.2 Å². The van der Waals surface area contributed by atoms with Crippen LogP contribution in [0, 0.1) is 0 Å². The number of hydrogen-bond donors (Lipinski definition) is 4. The first-order valence-corrected chi connectivity index (χ1v) is 12.0. The summed E-state index contributed by atoms with van der Waals surface area (Å²) in [6, 6.07) is 0.375. The van der Waals surface area contributed by atoms with E-state index in [0.717, 1.165) is 12.1 Å². The number of rotatable bonds is 7. The summed E-state index contributed by atoms with van der Waals surface area (Å²) < 4.78 is 44.8. The van der Waals surface area contributed by atoms with Gasteiger partial charge < -0.3 is 31.0 Å². The molecule has 3 unspecified atom stereocenters. The van der Waals surface area contributed by atoms with Crippen molar-refractivity contribution in [2.24, 2.45) is 5.73 Å². The number of anilines is 1. The molecule has 39 heavy (non-hydrogen) atoms. The summed E-state index contributed by atoms with van der Waals surface area (Å²) in [4.78, 5) is 74.8. The molecule has 5 amide bonds. The van der Waals surface area contributed by atoms with E-state index in [-0.39, 0.29) is 42.8 Å². The van der Waals surface area contributed by atoms with Crippen LogP contribution in [0.5, 0.6) is 0 Å². The predicted molar refractivity (Wildman–Crippen MR) is 128 cm³/mol. The van der Waals surface area contributed by atoms with E-state index in [1.54, 1.807) is 0 Å². The van der Waals surface area contributed by atoms with Crippen LogP contribution < -0.4 is 27.3 Å². The summed E-state index contributed by atoms with van der Waals surface area (Å²) in [6.45, 7) is 0.129. The smallest absolute Gasteiger partial charge is 0.417 e. The molecule has 12 nitrogen and oxygen atoms in total. The molecule has 0 bridgehead atoms. The monoisotopic (exact) mass is 551 g/mol. The maximum Gasteiger partial charge on any atom is 0.417 e. The Balaban J connectivity index is 1.50. The zero-order valence-corrected chi connectivity index (χ0v) is 20.3. The van der Waals surface area contributed by atoms with E-state index in [9.17, 15) is 41.9 Å². The molecule has 5 N–H and O–H groups in total. The normalized spacial score (nSPS) is 20.0. The maximum absolute atomic E-state index is 13.3. The Hall–Kier alpha value is -4.43. The topological polar surface area (TPSA) is 181 Å². The Morgan fingerprint density at radius 2 is 1.87 bits per heavy atom. The highest BCUT2D eigenvalue weighted by atomic mass is 19.4. The molecule has 15 heteroatoms. The summed E-state index contributed by atoms with van der Waals surface area (Å²) in [5.41, 5.74) is 2.49. The molecule has 1 aromatic carbocycles. The minimum Gasteiger partial charge on any atom is -0.423 e. The van der Waals surface area contributed by atoms with E-state index < -0.39 is 71.1 Å². The third kappa shape index (κ3) is 6.18. The summed E-state index contributed by atoms with van der Waals surface area (Å²) in [5.74, 6) is -3.28. The zero-order chi connectivity index (χ0) is 28.5. The van der Waals surface area contributed by atoms with Gasteiger partial charge in [-0.3, -0.25) is 24.0 Å². The zero-order valence-electron chi connectivity index (χ0n) is 20.3. The average molecular weight is 551 g/mol. The van der Waals surface area contributed by atoms with Gasteiger partial charge in [0, 0.05) is 36.2 Å². The van der Waals surface area contributed by atoms with Crippen molar-refractivity contribution in [3.05, 3.63) is 40.2 Å². The molecule has 0 radical (unpaired) electrons. The molecular formula is C24H24F3N5O7. The van der Waals surface area contributed by atoms with Crippen molar-refractivity contribution in [3.8, 4) is 0 Å². The third-order valence-corrected chi connectivity index (χ3v) is 6.49. The number of alkyl halides is 3. The number of halogens is 3. The summed E-state index contributed by atoms with van der Waals surface area (Å²) >= 11 is 0. The molecule has 3 heterocycles. The molecular weight excluding hydrogens is 527 g/mol. The van der Waals surface area contributed by atoms with Crippen LogP contribution in [0.4, 0.5) is 18.9 Å². The molecule has 1 aromatic heterocycles. The number of nitrogens with two attached hydrogens (primary N) is 1. The van der Waals surface area contributed by atoms with E-state index in [1.165, 1.54) is 11.0 Å². The minimum absolute atomic E-state index is 0.0215. The Morgan fingerprint density at radius 1 is 1.13 bits per heavy atom. The number of hydrogen-bond acceptors (Lipinski definition) is 7. The molecule has 2 saturated heterocycles. The van der Waals surface area contributed by atoms with Gasteiger partial charge in [0.2, 0.25) is 29.5 Å².